The molecule has 0 radical (unpaired) electrons. The van der Waals surface area contributed by atoms with Crippen LogP contribution < -0.4 is 15.0 Å². The lowest BCUT2D eigenvalue weighted by atomic mass is 10.2. The third-order valence-corrected chi connectivity index (χ3v) is 5.35. The van der Waals surface area contributed by atoms with E-state index in [9.17, 15) is 9.18 Å². The summed E-state index contributed by atoms with van der Waals surface area (Å²) in [4.78, 5) is 18.0. The zero-order valence-electron chi connectivity index (χ0n) is 18.8. The van der Waals surface area contributed by atoms with Crippen LogP contribution in [0.5, 0.6) is 17.2 Å². The number of hydrogen-bond donors (Lipinski definition) is 0. The summed E-state index contributed by atoms with van der Waals surface area (Å²) >= 11 is 0. The minimum absolute atomic E-state index is 0.00529. The normalized spacial score (nSPS) is 11.1. The fourth-order valence-corrected chi connectivity index (χ4v) is 3.65. The monoisotopic (exact) mass is 465 g/mol. The van der Waals surface area contributed by atoms with E-state index in [1.54, 1.807) is 42.5 Å². The Balaban J connectivity index is 1.63. The molecule has 1 heterocycles. The van der Waals surface area contributed by atoms with Crippen LogP contribution in [-0.2, 0) is 0 Å². The first kappa shape index (κ1) is 22.0. The molecule has 0 unspecified atom stereocenters. The number of aromatic nitrogens is 2. The number of fused-ring (bicyclic) bond motifs is 1. The highest BCUT2D eigenvalue weighted by Gasteiger charge is 2.14. The van der Waals surface area contributed by atoms with E-state index in [-0.39, 0.29) is 17.1 Å². The standard InChI is InChI=1S/C28H20FN3O3/c1-34-25-17-23(29)26(35-21-12-6-3-7-13-21)16-20(25)18-30-32-27(19-10-4-2-5-11-19)31-24-15-9-8-14-22(24)28(32)33/h2-18H,1H3. The zero-order chi connectivity index (χ0) is 24.2. The maximum Gasteiger partial charge on any atom is 0.282 e. The third-order valence-electron chi connectivity index (χ3n) is 5.35. The van der Waals surface area contributed by atoms with E-state index in [2.05, 4.69) is 10.1 Å². The van der Waals surface area contributed by atoms with E-state index in [1.165, 1.54) is 30.1 Å². The Labute approximate surface area is 200 Å². The Morgan fingerprint density at radius 3 is 2.31 bits per heavy atom. The SMILES string of the molecule is COc1cc(F)c(Oc2ccccc2)cc1C=Nn1c(-c2ccccc2)nc2ccccc2c1=O. The van der Waals surface area contributed by atoms with Crippen LogP contribution in [-0.4, -0.2) is 23.0 Å². The predicted octanol–water partition coefficient (Wildman–Crippen LogP) is 5.89. The Morgan fingerprint density at radius 1 is 0.886 bits per heavy atom. The minimum atomic E-state index is -0.586. The molecule has 4 aromatic carbocycles. The molecular weight excluding hydrogens is 445 g/mol. The van der Waals surface area contributed by atoms with E-state index in [0.717, 1.165) is 5.56 Å². The molecule has 6 nitrogen and oxygen atoms in total. The highest BCUT2D eigenvalue weighted by Crippen LogP contribution is 2.30. The lowest BCUT2D eigenvalue weighted by Gasteiger charge is -2.12. The summed E-state index contributed by atoms with van der Waals surface area (Å²) in [5.74, 6) is 0.533. The summed E-state index contributed by atoms with van der Waals surface area (Å²) in [6, 6.07) is 28.0. The Bertz CT molecular complexity index is 1580. The van der Waals surface area contributed by atoms with Gasteiger partial charge in [-0.3, -0.25) is 4.79 Å². The van der Waals surface area contributed by atoms with Crippen LogP contribution in [0.25, 0.3) is 22.3 Å². The fraction of sp³-hybridized carbons (Fsp3) is 0.0357. The Morgan fingerprint density at radius 2 is 1.57 bits per heavy atom. The third kappa shape index (κ3) is 4.52. The van der Waals surface area contributed by atoms with Crippen molar-refractivity contribution < 1.29 is 13.9 Å². The number of rotatable bonds is 6. The molecule has 5 rings (SSSR count). The molecule has 0 saturated carbocycles. The molecule has 0 N–H and O–H groups in total. The highest BCUT2D eigenvalue weighted by molar-refractivity contribution is 5.85. The molecule has 0 fully saturated rings. The molecule has 0 aliphatic rings. The molecule has 5 aromatic rings. The quantitative estimate of drug-likeness (QED) is 0.294. The van der Waals surface area contributed by atoms with Gasteiger partial charge in [-0.25, -0.2) is 9.37 Å². The van der Waals surface area contributed by atoms with Gasteiger partial charge in [0.25, 0.3) is 5.56 Å². The van der Waals surface area contributed by atoms with E-state index in [0.29, 0.717) is 28.0 Å². The van der Waals surface area contributed by atoms with Gasteiger partial charge in [0.1, 0.15) is 11.5 Å². The first-order valence-electron chi connectivity index (χ1n) is 10.9. The van der Waals surface area contributed by atoms with Crippen molar-refractivity contribution in [1.29, 1.82) is 0 Å². The summed E-state index contributed by atoms with van der Waals surface area (Å²) in [5, 5.41) is 4.88. The average Bonchev–Trinajstić information content (AvgIpc) is 2.90. The Hall–Kier alpha value is -4.78. The second kappa shape index (κ2) is 9.61. The molecule has 0 atom stereocenters. The molecule has 0 saturated heterocycles. The second-order valence-electron chi connectivity index (χ2n) is 7.62. The van der Waals surface area contributed by atoms with Gasteiger partial charge < -0.3 is 9.47 Å². The lowest BCUT2D eigenvalue weighted by molar-refractivity contribution is 0.401. The first-order chi connectivity index (χ1) is 17.1. The molecule has 35 heavy (non-hydrogen) atoms. The van der Waals surface area contributed by atoms with Crippen molar-refractivity contribution in [1.82, 2.24) is 9.66 Å². The average molecular weight is 465 g/mol. The van der Waals surface area contributed by atoms with E-state index in [4.69, 9.17) is 9.47 Å². The van der Waals surface area contributed by atoms with Gasteiger partial charge in [-0.15, -0.1) is 0 Å². The minimum Gasteiger partial charge on any atom is -0.496 e. The second-order valence-corrected chi connectivity index (χ2v) is 7.62. The fourth-order valence-electron chi connectivity index (χ4n) is 3.65. The molecule has 1 aromatic heterocycles. The van der Waals surface area contributed by atoms with Crippen molar-refractivity contribution in [2.75, 3.05) is 7.11 Å². The topological polar surface area (TPSA) is 65.7 Å². The van der Waals surface area contributed by atoms with Crippen molar-refractivity contribution in [2.24, 2.45) is 5.10 Å². The summed E-state index contributed by atoms with van der Waals surface area (Å²) < 4.78 is 27.0. The van der Waals surface area contributed by atoms with Crippen LogP contribution in [0.3, 0.4) is 0 Å². The number of methoxy groups -OCH3 is 1. The van der Waals surface area contributed by atoms with Crippen molar-refractivity contribution in [2.45, 2.75) is 0 Å². The van der Waals surface area contributed by atoms with E-state index < -0.39 is 5.82 Å². The zero-order valence-corrected chi connectivity index (χ0v) is 18.8. The van der Waals surface area contributed by atoms with Gasteiger partial charge >= 0.3 is 0 Å². The van der Waals surface area contributed by atoms with Crippen LogP contribution >= 0.6 is 0 Å². The summed E-state index contributed by atoms with van der Waals surface area (Å²) in [6.07, 6.45) is 1.43. The molecular formula is C28H20FN3O3. The van der Waals surface area contributed by atoms with Crippen LogP contribution in [0.15, 0.2) is 107 Å². The van der Waals surface area contributed by atoms with Gasteiger partial charge in [0.15, 0.2) is 17.4 Å². The van der Waals surface area contributed by atoms with Gasteiger partial charge in [0, 0.05) is 17.2 Å². The molecule has 7 heteroatoms. The predicted molar refractivity (Wildman–Crippen MR) is 134 cm³/mol. The maximum absolute atomic E-state index is 14.7. The smallest absolute Gasteiger partial charge is 0.282 e. The molecule has 0 aliphatic carbocycles. The van der Waals surface area contributed by atoms with Gasteiger partial charge in [0.05, 0.1) is 24.2 Å². The summed E-state index contributed by atoms with van der Waals surface area (Å²) in [6.45, 7) is 0. The van der Waals surface area contributed by atoms with Gasteiger partial charge in [-0.05, 0) is 30.3 Å². The number of para-hydroxylation sites is 2. The summed E-state index contributed by atoms with van der Waals surface area (Å²) in [5.41, 5.74) is 1.40. The van der Waals surface area contributed by atoms with Crippen molar-refractivity contribution in [3.63, 3.8) is 0 Å². The van der Waals surface area contributed by atoms with Crippen LogP contribution in [0, 0.1) is 5.82 Å². The lowest BCUT2D eigenvalue weighted by Crippen LogP contribution is -2.20. The largest absolute Gasteiger partial charge is 0.496 e. The molecule has 0 spiro atoms. The van der Waals surface area contributed by atoms with Crippen LogP contribution in [0.1, 0.15) is 5.56 Å². The van der Waals surface area contributed by atoms with E-state index >= 15 is 0 Å². The maximum atomic E-state index is 14.7. The highest BCUT2D eigenvalue weighted by atomic mass is 19.1. The van der Waals surface area contributed by atoms with Gasteiger partial charge in [-0.2, -0.15) is 9.78 Å². The van der Waals surface area contributed by atoms with Gasteiger partial charge in [-0.1, -0.05) is 60.7 Å². The number of nitrogens with zero attached hydrogens (tertiary/aromatic N) is 3. The summed E-state index contributed by atoms with van der Waals surface area (Å²) in [7, 11) is 1.43. The number of hydrogen-bond acceptors (Lipinski definition) is 5. The van der Waals surface area contributed by atoms with Crippen molar-refractivity contribution in [3.05, 3.63) is 119 Å². The molecule has 0 bridgehead atoms. The van der Waals surface area contributed by atoms with Crippen LogP contribution in [0.4, 0.5) is 4.39 Å². The number of ether oxygens (including phenoxy) is 2. The van der Waals surface area contributed by atoms with Crippen molar-refractivity contribution >= 4 is 17.1 Å². The molecule has 172 valence electrons. The van der Waals surface area contributed by atoms with Gasteiger partial charge in [0.2, 0.25) is 0 Å². The number of halogens is 1. The van der Waals surface area contributed by atoms with E-state index in [1.807, 2.05) is 42.5 Å². The van der Waals surface area contributed by atoms with Crippen LogP contribution in [0.2, 0.25) is 0 Å². The molecule has 0 aliphatic heterocycles. The Kier molecular flexibility index (Phi) is 6.05. The van der Waals surface area contributed by atoms with Crippen molar-refractivity contribution in [3.8, 4) is 28.6 Å². The first-order valence-corrected chi connectivity index (χ1v) is 10.9. The number of benzene rings is 4. The molecule has 0 amide bonds.